The van der Waals surface area contributed by atoms with Gasteiger partial charge in [-0.25, -0.2) is 0 Å². The number of aryl methyl sites for hydroxylation is 4. The Hall–Kier alpha value is -1.60. The summed E-state index contributed by atoms with van der Waals surface area (Å²) in [5.74, 6) is 0.590. The fraction of sp³-hybridized carbons (Fsp3) is 0.400. The second-order valence-corrected chi connectivity index (χ2v) is 6.40. The highest BCUT2D eigenvalue weighted by Crippen LogP contribution is 2.42. The van der Waals surface area contributed by atoms with Gasteiger partial charge in [0, 0.05) is 12.0 Å². The van der Waals surface area contributed by atoms with Gasteiger partial charge in [0.05, 0.1) is 0 Å². The van der Waals surface area contributed by atoms with E-state index in [2.05, 4.69) is 69.5 Å². The molecule has 0 saturated heterocycles. The minimum absolute atomic E-state index is 0.410. The van der Waals surface area contributed by atoms with Gasteiger partial charge >= 0.3 is 0 Å². The topological polar surface area (TPSA) is 12.0 Å². The number of likely N-dealkylation sites (N-methyl/N-ethyl adjacent to an activating group) is 1. The Morgan fingerprint density at radius 1 is 1.00 bits per heavy atom. The molecule has 2 unspecified atom stereocenters. The lowest BCUT2D eigenvalue weighted by molar-refractivity contribution is 0.474. The Kier molecular flexibility index (Phi) is 3.86. The van der Waals surface area contributed by atoms with Crippen LogP contribution in [0, 0.1) is 20.8 Å². The van der Waals surface area contributed by atoms with Crippen molar-refractivity contribution in [3.8, 4) is 0 Å². The van der Waals surface area contributed by atoms with Crippen molar-refractivity contribution >= 4 is 0 Å². The molecular formula is C20H25N. The van der Waals surface area contributed by atoms with Crippen LogP contribution in [0.25, 0.3) is 0 Å². The fourth-order valence-electron chi connectivity index (χ4n) is 3.83. The fourth-order valence-corrected chi connectivity index (χ4v) is 3.83. The molecule has 0 spiro atoms. The lowest BCUT2D eigenvalue weighted by atomic mass is 9.85. The lowest BCUT2D eigenvalue weighted by Gasteiger charge is -2.27. The molecule has 2 atom stereocenters. The van der Waals surface area contributed by atoms with Crippen molar-refractivity contribution in [1.29, 1.82) is 0 Å². The SMILES string of the molecule is CNC(c1cc(C)c(C)cc1C)C1CCc2ccccc21. The zero-order valence-corrected chi connectivity index (χ0v) is 13.5. The first-order valence-corrected chi connectivity index (χ1v) is 7.94. The van der Waals surface area contributed by atoms with E-state index in [1.54, 1.807) is 0 Å². The van der Waals surface area contributed by atoms with Gasteiger partial charge in [-0.3, -0.25) is 0 Å². The summed E-state index contributed by atoms with van der Waals surface area (Å²) in [7, 11) is 2.10. The van der Waals surface area contributed by atoms with Crippen LogP contribution in [0.15, 0.2) is 36.4 Å². The summed E-state index contributed by atoms with van der Waals surface area (Å²) in [6.07, 6.45) is 2.46. The molecule has 0 radical (unpaired) electrons. The van der Waals surface area contributed by atoms with E-state index in [1.807, 2.05) is 0 Å². The van der Waals surface area contributed by atoms with Gasteiger partial charge in [0.15, 0.2) is 0 Å². The van der Waals surface area contributed by atoms with Crippen LogP contribution in [0.3, 0.4) is 0 Å². The first kappa shape index (κ1) is 14.3. The van der Waals surface area contributed by atoms with Crippen molar-refractivity contribution in [2.45, 2.75) is 45.6 Å². The number of rotatable bonds is 3. The summed E-state index contributed by atoms with van der Waals surface area (Å²) < 4.78 is 0. The molecule has 110 valence electrons. The Morgan fingerprint density at radius 2 is 1.71 bits per heavy atom. The van der Waals surface area contributed by atoms with Crippen molar-refractivity contribution in [3.05, 3.63) is 69.8 Å². The van der Waals surface area contributed by atoms with Gasteiger partial charge in [0.2, 0.25) is 0 Å². The van der Waals surface area contributed by atoms with Crippen molar-refractivity contribution in [3.63, 3.8) is 0 Å². The van der Waals surface area contributed by atoms with E-state index in [0.29, 0.717) is 12.0 Å². The molecule has 0 heterocycles. The number of hydrogen-bond donors (Lipinski definition) is 1. The molecule has 3 rings (SSSR count). The molecule has 0 fully saturated rings. The summed E-state index contributed by atoms with van der Waals surface area (Å²) in [5.41, 5.74) is 8.71. The van der Waals surface area contributed by atoms with Crippen LogP contribution >= 0.6 is 0 Å². The number of fused-ring (bicyclic) bond motifs is 1. The molecule has 0 bridgehead atoms. The molecule has 1 nitrogen and oxygen atoms in total. The van der Waals surface area contributed by atoms with E-state index in [4.69, 9.17) is 0 Å². The molecule has 0 aliphatic heterocycles. The summed E-state index contributed by atoms with van der Waals surface area (Å²) in [5, 5.41) is 3.59. The third-order valence-electron chi connectivity index (χ3n) is 5.11. The highest BCUT2D eigenvalue weighted by atomic mass is 14.9. The summed E-state index contributed by atoms with van der Waals surface area (Å²) >= 11 is 0. The summed E-state index contributed by atoms with van der Waals surface area (Å²) in [4.78, 5) is 0. The number of hydrogen-bond acceptors (Lipinski definition) is 1. The monoisotopic (exact) mass is 279 g/mol. The molecular weight excluding hydrogens is 254 g/mol. The molecule has 0 amide bonds. The third-order valence-corrected chi connectivity index (χ3v) is 5.11. The molecule has 1 aliphatic carbocycles. The maximum Gasteiger partial charge on any atom is 0.0390 e. The highest BCUT2D eigenvalue weighted by molar-refractivity contribution is 5.43. The predicted octanol–water partition coefficient (Wildman–Crippen LogP) is 4.60. The minimum Gasteiger partial charge on any atom is -0.312 e. The zero-order valence-electron chi connectivity index (χ0n) is 13.5. The van der Waals surface area contributed by atoms with Crippen LogP contribution in [0.2, 0.25) is 0 Å². The normalized spacial score (nSPS) is 18.6. The van der Waals surface area contributed by atoms with Crippen LogP contribution in [0.1, 0.15) is 51.8 Å². The smallest absolute Gasteiger partial charge is 0.0390 e. The van der Waals surface area contributed by atoms with Gasteiger partial charge in [-0.1, -0.05) is 36.4 Å². The van der Waals surface area contributed by atoms with Crippen molar-refractivity contribution in [2.24, 2.45) is 0 Å². The molecule has 0 aromatic heterocycles. The van der Waals surface area contributed by atoms with E-state index in [-0.39, 0.29) is 0 Å². The second kappa shape index (κ2) is 5.65. The number of nitrogens with one attached hydrogen (secondary N) is 1. The molecule has 2 aromatic carbocycles. The first-order chi connectivity index (χ1) is 10.1. The van der Waals surface area contributed by atoms with Crippen LogP contribution in [-0.4, -0.2) is 7.05 Å². The van der Waals surface area contributed by atoms with Crippen molar-refractivity contribution in [1.82, 2.24) is 5.32 Å². The Labute approximate surface area is 128 Å². The molecule has 0 saturated carbocycles. The Morgan fingerprint density at radius 3 is 2.48 bits per heavy atom. The second-order valence-electron chi connectivity index (χ2n) is 6.40. The largest absolute Gasteiger partial charge is 0.312 e. The Bertz CT molecular complexity index is 657. The summed E-state index contributed by atoms with van der Waals surface area (Å²) in [6.45, 7) is 6.66. The van der Waals surface area contributed by atoms with Crippen LogP contribution in [0.5, 0.6) is 0 Å². The average molecular weight is 279 g/mol. The van der Waals surface area contributed by atoms with Gasteiger partial charge in [0.25, 0.3) is 0 Å². The minimum atomic E-state index is 0.410. The van der Waals surface area contributed by atoms with E-state index in [1.165, 1.54) is 46.2 Å². The predicted molar refractivity (Wildman–Crippen MR) is 90.0 cm³/mol. The van der Waals surface area contributed by atoms with E-state index < -0.39 is 0 Å². The van der Waals surface area contributed by atoms with Crippen molar-refractivity contribution < 1.29 is 0 Å². The molecule has 2 aromatic rings. The van der Waals surface area contributed by atoms with E-state index in [9.17, 15) is 0 Å². The maximum atomic E-state index is 3.59. The van der Waals surface area contributed by atoms with Gasteiger partial charge in [-0.05, 0) is 74.0 Å². The van der Waals surface area contributed by atoms with Gasteiger partial charge < -0.3 is 5.32 Å². The first-order valence-electron chi connectivity index (χ1n) is 7.94. The summed E-state index contributed by atoms with van der Waals surface area (Å²) in [6, 6.07) is 14.1. The van der Waals surface area contributed by atoms with Gasteiger partial charge in [0.1, 0.15) is 0 Å². The lowest BCUT2D eigenvalue weighted by Crippen LogP contribution is -2.23. The molecule has 1 N–H and O–H groups in total. The molecule has 21 heavy (non-hydrogen) atoms. The highest BCUT2D eigenvalue weighted by Gasteiger charge is 2.30. The van der Waals surface area contributed by atoms with Crippen molar-refractivity contribution in [2.75, 3.05) is 7.05 Å². The third kappa shape index (κ3) is 2.51. The maximum absolute atomic E-state index is 3.59. The quantitative estimate of drug-likeness (QED) is 0.865. The van der Waals surface area contributed by atoms with Gasteiger partial charge in [-0.2, -0.15) is 0 Å². The Balaban J connectivity index is 2.03. The van der Waals surface area contributed by atoms with Crippen LogP contribution < -0.4 is 5.32 Å². The van der Waals surface area contributed by atoms with Crippen LogP contribution in [0.4, 0.5) is 0 Å². The zero-order chi connectivity index (χ0) is 15.0. The van der Waals surface area contributed by atoms with Crippen LogP contribution in [-0.2, 0) is 6.42 Å². The number of benzene rings is 2. The molecule has 1 aliphatic rings. The average Bonchev–Trinajstić information content (AvgIpc) is 2.89. The van der Waals surface area contributed by atoms with Gasteiger partial charge in [-0.15, -0.1) is 0 Å². The van der Waals surface area contributed by atoms with E-state index in [0.717, 1.165) is 0 Å². The molecule has 1 heteroatoms. The van der Waals surface area contributed by atoms with E-state index >= 15 is 0 Å². The standard InChI is InChI=1S/C20H25N/c1-13-11-15(3)19(12-14(13)2)20(21-4)18-10-9-16-7-5-6-8-17(16)18/h5-8,11-12,18,20-21H,9-10H2,1-4H3.